The van der Waals surface area contributed by atoms with Gasteiger partial charge in [-0.3, -0.25) is 9.59 Å². The minimum absolute atomic E-state index is 0.0810. The van der Waals surface area contributed by atoms with Crippen molar-refractivity contribution in [2.45, 2.75) is 32.1 Å². The third-order valence-electron chi connectivity index (χ3n) is 3.19. The summed E-state index contributed by atoms with van der Waals surface area (Å²) in [5, 5.41) is 8.83. The minimum atomic E-state index is -0.362. The van der Waals surface area contributed by atoms with Gasteiger partial charge in [-0.1, -0.05) is 5.16 Å². The van der Waals surface area contributed by atoms with E-state index in [4.69, 9.17) is 4.52 Å². The van der Waals surface area contributed by atoms with E-state index < -0.39 is 0 Å². The van der Waals surface area contributed by atoms with Crippen molar-refractivity contribution in [2.75, 3.05) is 17.6 Å². The van der Waals surface area contributed by atoms with Crippen LogP contribution in [0.25, 0.3) is 0 Å². The predicted molar refractivity (Wildman–Crippen MR) is 91.6 cm³/mol. The lowest BCUT2D eigenvalue weighted by molar-refractivity contribution is -0.118. The predicted octanol–water partition coefficient (Wildman–Crippen LogP) is 1.45. The Bertz CT molecular complexity index is 656. The van der Waals surface area contributed by atoms with Crippen LogP contribution in [0.5, 0.6) is 0 Å². The van der Waals surface area contributed by atoms with Crippen molar-refractivity contribution in [3.63, 3.8) is 0 Å². The molecular formula is C15H21N5O3S. The summed E-state index contributed by atoms with van der Waals surface area (Å²) < 4.78 is 6.84. The fraction of sp³-hybridized carbons (Fsp3) is 0.467. The molecule has 0 fully saturated rings. The smallest absolute Gasteiger partial charge is 0.238 e. The Kier molecular flexibility index (Phi) is 6.86. The first-order valence-electron chi connectivity index (χ1n) is 7.63. The zero-order valence-electron chi connectivity index (χ0n) is 13.7. The van der Waals surface area contributed by atoms with Crippen molar-refractivity contribution in [2.24, 2.45) is 0 Å². The van der Waals surface area contributed by atoms with Crippen LogP contribution in [-0.4, -0.2) is 44.1 Å². The third kappa shape index (κ3) is 6.07. The molecule has 0 radical (unpaired) electrons. The van der Waals surface area contributed by atoms with Gasteiger partial charge in [-0.2, -0.15) is 0 Å². The molecule has 2 aromatic rings. The molecule has 0 spiro atoms. The molecule has 0 saturated heterocycles. The van der Waals surface area contributed by atoms with Gasteiger partial charge in [0.05, 0.1) is 17.3 Å². The summed E-state index contributed by atoms with van der Waals surface area (Å²) in [5.74, 6) is 0.954. The number of aryl methyl sites for hydroxylation is 2. The number of nitrogens with one attached hydrogen (secondary N) is 2. The molecule has 2 N–H and O–H groups in total. The molecule has 2 rings (SSSR count). The molecule has 0 aliphatic carbocycles. The standard InChI is InChI=1S/C15H21N5O3S/c1-11-8-13(19-23-11)18-15(22)12(2)24-9-14(21)17-4-3-6-20-7-5-16-10-20/h5,7-8,10,12H,3-4,6,9H2,1-2H3,(H,17,21)(H,18,19,22). The number of hydrogen-bond donors (Lipinski definition) is 2. The number of carbonyl (C=O) groups is 2. The van der Waals surface area contributed by atoms with Crippen molar-refractivity contribution < 1.29 is 14.1 Å². The van der Waals surface area contributed by atoms with Gasteiger partial charge in [0.2, 0.25) is 11.8 Å². The molecule has 2 amide bonds. The fourth-order valence-corrected chi connectivity index (χ4v) is 2.60. The molecule has 1 atom stereocenters. The molecule has 8 nitrogen and oxygen atoms in total. The molecule has 130 valence electrons. The van der Waals surface area contributed by atoms with Crippen molar-refractivity contribution in [3.8, 4) is 0 Å². The summed E-state index contributed by atoms with van der Waals surface area (Å²) in [5.41, 5.74) is 0. The number of carbonyl (C=O) groups excluding carboxylic acids is 2. The van der Waals surface area contributed by atoms with Crippen LogP contribution in [-0.2, 0) is 16.1 Å². The van der Waals surface area contributed by atoms with Crippen LogP contribution in [0.4, 0.5) is 5.82 Å². The summed E-state index contributed by atoms with van der Waals surface area (Å²) in [6, 6.07) is 1.64. The zero-order valence-corrected chi connectivity index (χ0v) is 14.5. The van der Waals surface area contributed by atoms with Gasteiger partial charge in [-0.25, -0.2) is 4.98 Å². The van der Waals surface area contributed by atoms with E-state index in [1.165, 1.54) is 11.8 Å². The SMILES string of the molecule is Cc1cc(NC(=O)C(C)SCC(=O)NCCCn2ccnc2)no1. The Morgan fingerprint density at radius 2 is 2.29 bits per heavy atom. The van der Waals surface area contributed by atoms with E-state index in [1.807, 2.05) is 10.8 Å². The van der Waals surface area contributed by atoms with Crippen molar-refractivity contribution in [3.05, 3.63) is 30.5 Å². The number of aromatic nitrogens is 3. The van der Waals surface area contributed by atoms with Crippen LogP contribution in [0.2, 0.25) is 0 Å². The average molecular weight is 351 g/mol. The van der Waals surface area contributed by atoms with Gasteiger partial charge in [0.15, 0.2) is 5.82 Å². The van der Waals surface area contributed by atoms with Crippen LogP contribution in [0.3, 0.4) is 0 Å². The Balaban J connectivity index is 1.59. The lowest BCUT2D eigenvalue weighted by atomic mass is 10.4. The maximum Gasteiger partial charge on any atom is 0.238 e. The summed E-state index contributed by atoms with van der Waals surface area (Å²) in [6.45, 7) is 4.90. The third-order valence-corrected chi connectivity index (χ3v) is 4.33. The molecular weight excluding hydrogens is 330 g/mol. The van der Waals surface area contributed by atoms with Gasteiger partial charge in [-0.05, 0) is 20.3 Å². The molecule has 0 bridgehead atoms. The Morgan fingerprint density at radius 1 is 1.46 bits per heavy atom. The first-order valence-corrected chi connectivity index (χ1v) is 8.67. The lowest BCUT2D eigenvalue weighted by Crippen LogP contribution is -2.29. The van der Waals surface area contributed by atoms with Gasteiger partial charge in [0, 0.05) is 31.5 Å². The van der Waals surface area contributed by atoms with Gasteiger partial charge in [0.1, 0.15) is 5.76 Å². The molecule has 2 heterocycles. The highest BCUT2D eigenvalue weighted by atomic mass is 32.2. The molecule has 1 unspecified atom stereocenters. The van der Waals surface area contributed by atoms with Crippen LogP contribution in [0.1, 0.15) is 19.1 Å². The molecule has 0 aliphatic rings. The first-order chi connectivity index (χ1) is 11.5. The Hall–Kier alpha value is -2.29. The highest BCUT2D eigenvalue weighted by Gasteiger charge is 2.16. The molecule has 0 saturated carbocycles. The topological polar surface area (TPSA) is 102 Å². The van der Waals surface area contributed by atoms with E-state index >= 15 is 0 Å². The van der Waals surface area contributed by atoms with Gasteiger partial charge >= 0.3 is 0 Å². The minimum Gasteiger partial charge on any atom is -0.360 e. The van der Waals surface area contributed by atoms with E-state index in [9.17, 15) is 9.59 Å². The van der Waals surface area contributed by atoms with E-state index in [0.29, 0.717) is 18.1 Å². The number of thioether (sulfide) groups is 1. The van der Waals surface area contributed by atoms with E-state index in [-0.39, 0.29) is 22.8 Å². The molecule has 24 heavy (non-hydrogen) atoms. The van der Waals surface area contributed by atoms with E-state index in [0.717, 1.165) is 13.0 Å². The second-order valence-electron chi connectivity index (χ2n) is 5.27. The molecule has 2 aromatic heterocycles. The maximum absolute atomic E-state index is 12.0. The summed E-state index contributed by atoms with van der Waals surface area (Å²) in [4.78, 5) is 27.7. The van der Waals surface area contributed by atoms with Crippen LogP contribution < -0.4 is 10.6 Å². The summed E-state index contributed by atoms with van der Waals surface area (Å²) in [7, 11) is 0. The van der Waals surface area contributed by atoms with Crippen molar-refractivity contribution in [1.29, 1.82) is 0 Å². The van der Waals surface area contributed by atoms with Gasteiger partial charge < -0.3 is 19.7 Å². The quantitative estimate of drug-likeness (QED) is 0.663. The Labute approximate surface area is 144 Å². The van der Waals surface area contributed by atoms with Gasteiger partial charge in [0.25, 0.3) is 0 Å². The normalized spacial score (nSPS) is 11.9. The second-order valence-corrected chi connectivity index (χ2v) is 6.60. The number of amides is 2. The molecule has 0 aliphatic heterocycles. The monoisotopic (exact) mass is 351 g/mol. The summed E-state index contributed by atoms with van der Waals surface area (Å²) >= 11 is 1.28. The van der Waals surface area contributed by atoms with Gasteiger partial charge in [-0.15, -0.1) is 11.8 Å². The van der Waals surface area contributed by atoms with E-state index in [2.05, 4.69) is 20.8 Å². The second kappa shape index (κ2) is 9.11. The maximum atomic E-state index is 12.0. The van der Waals surface area contributed by atoms with Crippen LogP contribution in [0, 0.1) is 6.92 Å². The van der Waals surface area contributed by atoms with Crippen molar-refractivity contribution >= 4 is 29.4 Å². The van der Waals surface area contributed by atoms with Crippen molar-refractivity contribution in [1.82, 2.24) is 20.0 Å². The fourth-order valence-electron chi connectivity index (χ4n) is 1.89. The number of nitrogens with zero attached hydrogens (tertiary/aromatic N) is 3. The molecule has 9 heteroatoms. The summed E-state index contributed by atoms with van der Waals surface area (Å²) in [6.07, 6.45) is 6.18. The largest absolute Gasteiger partial charge is 0.360 e. The first kappa shape index (κ1) is 18.1. The molecule has 0 aromatic carbocycles. The number of rotatable bonds is 9. The van der Waals surface area contributed by atoms with Crippen LogP contribution >= 0.6 is 11.8 Å². The Morgan fingerprint density at radius 3 is 2.96 bits per heavy atom. The lowest BCUT2D eigenvalue weighted by Gasteiger charge is -2.10. The number of anilines is 1. The number of hydrogen-bond acceptors (Lipinski definition) is 6. The average Bonchev–Trinajstić information content (AvgIpc) is 3.21. The zero-order chi connectivity index (χ0) is 17.4. The van der Waals surface area contributed by atoms with E-state index in [1.54, 1.807) is 32.4 Å². The highest BCUT2D eigenvalue weighted by Crippen LogP contribution is 2.14. The highest BCUT2D eigenvalue weighted by molar-refractivity contribution is 8.01. The van der Waals surface area contributed by atoms with Crippen LogP contribution in [0.15, 0.2) is 29.3 Å². The number of imidazole rings is 1.